The van der Waals surface area contributed by atoms with E-state index in [0.717, 1.165) is 4.90 Å². The van der Waals surface area contributed by atoms with Gasteiger partial charge in [0.05, 0.1) is 24.7 Å². The summed E-state index contributed by atoms with van der Waals surface area (Å²) >= 11 is 1.40. The number of thioether (sulfide) groups is 1. The summed E-state index contributed by atoms with van der Waals surface area (Å²) in [5.41, 5.74) is 2.29. The minimum absolute atomic E-state index is 0.0592. The van der Waals surface area contributed by atoms with E-state index in [9.17, 15) is 14.4 Å². The van der Waals surface area contributed by atoms with E-state index in [1.165, 1.54) is 11.8 Å². The predicted octanol–water partition coefficient (Wildman–Crippen LogP) is 7.01. The van der Waals surface area contributed by atoms with Gasteiger partial charge < -0.3 is 25.4 Å². The Bertz CT molecular complexity index is 1620. The van der Waals surface area contributed by atoms with Crippen LogP contribution in [0.3, 0.4) is 0 Å². The van der Waals surface area contributed by atoms with Gasteiger partial charge in [0.15, 0.2) is 0 Å². The maximum atomic E-state index is 13.5. The largest absolute Gasteiger partial charge is 0.497 e. The number of carbonyl (C=O) groups is 3. The van der Waals surface area contributed by atoms with Gasteiger partial charge in [-0.1, -0.05) is 55.5 Å². The predicted molar refractivity (Wildman–Crippen MR) is 176 cm³/mol. The van der Waals surface area contributed by atoms with Gasteiger partial charge in [0, 0.05) is 16.1 Å². The molecular weight excluding hydrogens is 574 g/mol. The van der Waals surface area contributed by atoms with Gasteiger partial charge in [0.1, 0.15) is 17.2 Å². The van der Waals surface area contributed by atoms with E-state index in [-0.39, 0.29) is 16.9 Å². The number of anilines is 2. The molecule has 0 aliphatic rings. The number of rotatable bonds is 13. The molecule has 8 nitrogen and oxygen atoms in total. The highest BCUT2D eigenvalue weighted by molar-refractivity contribution is 8.00. The molecule has 9 heteroatoms. The fourth-order valence-electron chi connectivity index (χ4n) is 4.24. The van der Waals surface area contributed by atoms with Crippen LogP contribution >= 0.6 is 11.8 Å². The number of para-hydroxylation sites is 2. The van der Waals surface area contributed by atoms with E-state index in [0.29, 0.717) is 47.0 Å². The van der Waals surface area contributed by atoms with Gasteiger partial charge >= 0.3 is 0 Å². The van der Waals surface area contributed by atoms with Crippen molar-refractivity contribution in [2.45, 2.75) is 30.4 Å². The molecule has 0 aliphatic carbocycles. The molecule has 1 unspecified atom stereocenters. The number of methoxy groups -OCH3 is 1. The molecule has 4 rings (SSSR count). The number of carbonyl (C=O) groups excluding carboxylic acids is 3. The zero-order chi connectivity index (χ0) is 31.3. The van der Waals surface area contributed by atoms with Gasteiger partial charge in [-0.15, -0.1) is 11.8 Å². The second kappa shape index (κ2) is 16.0. The lowest BCUT2D eigenvalue weighted by Gasteiger charge is -2.17. The lowest BCUT2D eigenvalue weighted by molar-refractivity contribution is -0.116. The number of hydrogen-bond acceptors (Lipinski definition) is 6. The van der Waals surface area contributed by atoms with Crippen molar-refractivity contribution in [3.63, 3.8) is 0 Å². The summed E-state index contributed by atoms with van der Waals surface area (Å²) in [4.78, 5) is 40.5. The van der Waals surface area contributed by atoms with Gasteiger partial charge in [0.2, 0.25) is 5.91 Å². The molecule has 1 atom stereocenters. The Morgan fingerprint density at radius 3 is 2.34 bits per heavy atom. The topological polar surface area (TPSA) is 106 Å². The van der Waals surface area contributed by atoms with E-state index in [2.05, 4.69) is 16.0 Å². The summed E-state index contributed by atoms with van der Waals surface area (Å²) in [6, 6.07) is 30.4. The fourth-order valence-corrected chi connectivity index (χ4v) is 5.25. The molecule has 4 aromatic rings. The van der Waals surface area contributed by atoms with Crippen LogP contribution in [0.1, 0.15) is 36.2 Å². The third-order valence-corrected chi connectivity index (χ3v) is 7.77. The summed E-state index contributed by atoms with van der Waals surface area (Å²) < 4.78 is 11.0. The van der Waals surface area contributed by atoms with Crippen LogP contribution in [-0.2, 0) is 9.59 Å². The average Bonchev–Trinajstić information content (AvgIpc) is 3.05. The summed E-state index contributed by atoms with van der Waals surface area (Å²) in [7, 11) is 1.56. The summed E-state index contributed by atoms with van der Waals surface area (Å²) in [5, 5.41) is 8.23. The van der Waals surface area contributed by atoms with Gasteiger partial charge in [-0.05, 0) is 79.6 Å². The second-order valence-corrected chi connectivity index (χ2v) is 10.8. The minimum atomic E-state index is -0.503. The molecule has 0 radical (unpaired) electrons. The van der Waals surface area contributed by atoms with Crippen molar-refractivity contribution in [1.82, 2.24) is 5.32 Å². The van der Waals surface area contributed by atoms with E-state index >= 15 is 0 Å². The third kappa shape index (κ3) is 8.99. The van der Waals surface area contributed by atoms with Gasteiger partial charge in [-0.2, -0.15) is 0 Å². The van der Waals surface area contributed by atoms with Gasteiger partial charge in [-0.25, -0.2) is 0 Å². The third-order valence-electron chi connectivity index (χ3n) is 6.41. The number of benzene rings is 4. The van der Waals surface area contributed by atoms with Crippen LogP contribution in [0.15, 0.2) is 114 Å². The first-order valence-electron chi connectivity index (χ1n) is 14.2. The maximum absolute atomic E-state index is 13.5. The molecular formula is C35H35N3O5S. The first kappa shape index (κ1) is 31.9. The monoisotopic (exact) mass is 609 g/mol. The van der Waals surface area contributed by atoms with Crippen LogP contribution in [0.4, 0.5) is 11.4 Å². The van der Waals surface area contributed by atoms with Crippen LogP contribution in [0.5, 0.6) is 11.5 Å². The lowest BCUT2D eigenvalue weighted by Crippen LogP contribution is -2.30. The lowest BCUT2D eigenvalue weighted by atomic mass is 10.1. The molecule has 0 bridgehead atoms. The van der Waals surface area contributed by atoms with Crippen LogP contribution in [-0.4, -0.2) is 36.7 Å². The zero-order valence-corrected chi connectivity index (χ0v) is 25.6. The van der Waals surface area contributed by atoms with Crippen LogP contribution < -0.4 is 25.4 Å². The normalized spacial score (nSPS) is 11.7. The molecule has 44 heavy (non-hydrogen) atoms. The number of nitrogens with one attached hydrogen (secondary N) is 3. The molecule has 226 valence electrons. The smallest absolute Gasteiger partial charge is 0.272 e. The number of amides is 3. The average molecular weight is 610 g/mol. The molecule has 0 aliphatic heterocycles. The molecule has 3 amide bonds. The molecule has 0 saturated heterocycles. The van der Waals surface area contributed by atoms with Crippen LogP contribution in [0, 0.1) is 0 Å². The Labute approximate surface area is 261 Å². The second-order valence-electron chi connectivity index (χ2n) is 9.57. The molecule has 0 heterocycles. The van der Waals surface area contributed by atoms with Gasteiger partial charge in [-0.3, -0.25) is 14.4 Å². The minimum Gasteiger partial charge on any atom is -0.497 e. The summed E-state index contributed by atoms with van der Waals surface area (Å²) in [6.45, 7) is 4.33. The standard InChI is InChI=1S/C35H35N3O5S/c1-4-32(35(41)37-29-19-9-10-20-31(29)43-5-2)44-28-18-12-16-26(23-28)36-34(40)30(22-24-13-11-17-27(21-24)42-3)38-33(39)25-14-7-6-8-15-25/h6-23,32H,4-5H2,1-3H3,(H,36,40)(H,37,41)(H,38,39)/b30-22-. The first-order valence-corrected chi connectivity index (χ1v) is 15.1. The Kier molecular flexibility index (Phi) is 11.6. The summed E-state index contributed by atoms with van der Waals surface area (Å²) in [6.07, 6.45) is 2.18. The Morgan fingerprint density at radius 1 is 0.841 bits per heavy atom. The number of hydrogen-bond donors (Lipinski definition) is 3. The van der Waals surface area contributed by atoms with Crippen molar-refractivity contribution in [1.29, 1.82) is 0 Å². The van der Waals surface area contributed by atoms with E-state index in [4.69, 9.17) is 9.47 Å². The fraction of sp³-hybridized carbons (Fsp3) is 0.171. The SMILES string of the molecule is CCOc1ccccc1NC(=O)C(CC)Sc1cccc(NC(=O)/C(=C/c2cccc(OC)c2)NC(=O)c2ccccc2)c1. The Hall–Kier alpha value is -5.02. The van der Waals surface area contributed by atoms with E-state index in [1.807, 2.05) is 56.3 Å². The molecule has 0 saturated carbocycles. The molecule has 0 aromatic heterocycles. The van der Waals surface area contributed by atoms with Crippen molar-refractivity contribution in [3.8, 4) is 11.5 Å². The molecule has 0 fully saturated rings. The molecule has 4 aromatic carbocycles. The quantitative estimate of drug-likeness (QED) is 0.111. The van der Waals surface area contributed by atoms with Gasteiger partial charge in [0.25, 0.3) is 11.8 Å². The number of ether oxygens (including phenoxy) is 2. The Balaban J connectivity index is 1.51. The highest BCUT2D eigenvalue weighted by Gasteiger charge is 2.20. The van der Waals surface area contributed by atoms with E-state index in [1.54, 1.807) is 73.8 Å². The maximum Gasteiger partial charge on any atom is 0.272 e. The summed E-state index contributed by atoms with van der Waals surface area (Å²) in [5.74, 6) is 0.170. The van der Waals surface area contributed by atoms with E-state index < -0.39 is 11.8 Å². The van der Waals surface area contributed by atoms with Crippen molar-refractivity contribution in [3.05, 3.63) is 120 Å². The van der Waals surface area contributed by atoms with Crippen molar-refractivity contribution < 1.29 is 23.9 Å². The first-order chi connectivity index (χ1) is 21.4. The van der Waals surface area contributed by atoms with Crippen LogP contribution in [0.25, 0.3) is 6.08 Å². The highest BCUT2D eigenvalue weighted by Crippen LogP contribution is 2.30. The molecule has 3 N–H and O–H groups in total. The Morgan fingerprint density at radius 2 is 1.59 bits per heavy atom. The molecule has 0 spiro atoms. The van der Waals surface area contributed by atoms with Crippen molar-refractivity contribution in [2.24, 2.45) is 0 Å². The highest BCUT2D eigenvalue weighted by atomic mass is 32.2. The van der Waals surface area contributed by atoms with Crippen molar-refractivity contribution in [2.75, 3.05) is 24.4 Å². The van der Waals surface area contributed by atoms with Crippen LogP contribution in [0.2, 0.25) is 0 Å². The zero-order valence-electron chi connectivity index (χ0n) is 24.8. The van der Waals surface area contributed by atoms with Crippen molar-refractivity contribution >= 4 is 46.9 Å².